The van der Waals surface area contributed by atoms with E-state index in [-0.39, 0.29) is 12.4 Å². The van der Waals surface area contributed by atoms with Gasteiger partial charge in [-0.25, -0.2) is 9.78 Å². The number of hydrogen-bond donors (Lipinski definition) is 0. The molecule has 0 saturated carbocycles. The molecule has 0 aromatic carbocycles. The highest BCUT2D eigenvalue weighted by Crippen LogP contribution is 2.16. The second-order valence-corrected chi connectivity index (χ2v) is 12.2. The SMILES string of the molecule is CCCCCCCCCCOC(CCCCCCCCCC=CC(CCC)OOC)OCCCCCCCCCC. The van der Waals surface area contributed by atoms with Gasteiger partial charge in [-0.2, -0.15) is 0 Å². The zero-order valence-electron chi connectivity index (χ0n) is 28.4. The van der Waals surface area contributed by atoms with E-state index in [1.165, 1.54) is 148 Å². The molecule has 4 heteroatoms. The van der Waals surface area contributed by atoms with Gasteiger partial charge in [0.2, 0.25) is 0 Å². The van der Waals surface area contributed by atoms with Gasteiger partial charge in [0.1, 0.15) is 6.10 Å². The largest absolute Gasteiger partial charge is 0.353 e. The normalized spacial score (nSPS) is 12.7. The van der Waals surface area contributed by atoms with Crippen LogP contribution in [0.5, 0.6) is 0 Å². The smallest absolute Gasteiger partial charge is 0.157 e. The second kappa shape index (κ2) is 35.8. The van der Waals surface area contributed by atoms with Gasteiger partial charge in [-0.3, -0.25) is 0 Å². The Hall–Kier alpha value is -0.420. The zero-order chi connectivity index (χ0) is 29.9. The van der Waals surface area contributed by atoms with Gasteiger partial charge in [0, 0.05) is 13.2 Å². The third kappa shape index (κ3) is 32.3. The third-order valence-electron chi connectivity index (χ3n) is 8.06. The third-order valence-corrected chi connectivity index (χ3v) is 8.06. The molecule has 0 radical (unpaired) electrons. The summed E-state index contributed by atoms with van der Waals surface area (Å²) in [5, 5.41) is 0. The molecule has 0 aliphatic rings. The molecule has 0 saturated heterocycles. The fraction of sp³-hybridized carbons (Fsp3) is 0.946. The minimum absolute atomic E-state index is 0.00881. The van der Waals surface area contributed by atoms with Crippen LogP contribution in [0.1, 0.15) is 194 Å². The first-order valence-corrected chi connectivity index (χ1v) is 18.4. The highest BCUT2D eigenvalue weighted by atomic mass is 17.2. The van der Waals surface area contributed by atoms with Crippen molar-refractivity contribution in [3.63, 3.8) is 0 Å². The lowest BCUT2D eigenvalue weighted by atomic mass is 10.1. The molecule has 0 bridgehead atoms. The minimum atomic E-state index is 0.00881. The quantitative estimate of drug-likeness (QED) is 0.0245. The van der Waals surface area contributed by atoms with Gasteiger partial charge in [0.15, 0.2) is 6.29 Å². The van der Waals surface area contributed by atoms with Crippen LogP contribution in [0, 0.1) is 0 Å². The van der Waals surface area contributed by atoms with Gasteiger partial charge in [0.05, 0.1) is 7.11 Å². The van der Waals surface area contributed by atoms with E-state index in [1.807, 2.05) is 0 Å². The Kier molecular flexibility index (Phi) is 35.4. The summed E-state index contributed by atoms with van der Waals surface area (Å²) in [5.74, 6) is 0. The molecular weight excluding hydrogens is 508 g/mol. The molecule has 0 rings (SSSR count). The summed E-state index contributed by atoms with van der Waals surface area (Å²) in [4.78, 5) is 10.1. The number of rotatable bonds is 35. The number of hydrogen-bond acceptors (Lipinski definition) is 4. The van der Waals surface area contributed by atoms with Crippen LogP contribution in [-0.4, -0.2) is 32.7 Å². The van der Waals surface area contributed by atoms with Crippen LogP contribution >= 0.6 is 0 Å². The van der Waals surface area contributed by atoms with Gasteiger partial charge in [-0.05, 0) is 44.9 Å². The van der Waals surface area contributed by atoms with Crippen molar-refractivity contribution in [2.24, 2.45) is 0 Å². The van der Waals surface area contributed by atoms with Gasteiger partial charge in [-0.15, -0.1) is 0 Å². The van der Waals surface area contributed by atoms with Gasteiger partial charge in [0.25, 0.3) is 0 Å². The highest BCUT2D eigenvalue weighted by molar-refractivity contribution is 4.88. The highest BCUT2D eigenvalue weighted by Gasteiger charge is 2.09. The maximum atomic E-state index is 6.24. The lowest BCUT2D eigenvalue weighted by molar-refractivity contribution is -0.294. The summed E-state index contributed by atoms with van der Waals surface area (Å²) in [7, 11) is 1.59. The molecule has 0 fully saturated rings. The van der Waals surface area contributed by atoms with E-state index in [2.05, 4.69) is 32.9 Å². The van der Waals surface area contributed by atoms with Crippen LogP contribution < -0.4 is 0 Å². The van der Waals surface area contributed by atoms with Crippen molar-refractivity contribution in [2.75, 3.05) is 20.3 Å². The Bertz CT molecular complexity index is 467. The maximum absolute atomic E-state index is 6.24. The molecule has 0 aliphatic carbocycles. The molecule has 0 amide bonds. The Morgan fingerprint density at radius 1 is 0.463 bits per heavy atom. The van der Waals surface area contributed by atoms with Crippen molar-refractivity contribution in [2.45, 2.75) is 207 Å². The number of ether oxygens (including phenoxy) is 2. The summed E-state index contributed by atoms with van der Waals surface area (Å²) in [6.07, 6.45) is 39.5. The standard InChI is InChI=1S/C37H74O4/c1-5-8-10-12-14-21-25-29-34-39-37(40-35-30-26-22-15-13-11-9-6-2)33-28-24-20-18-16-17-19-23-27-32-36(31-7-3)41-38-4/h27,32,36-37H,5-26,28-31,33-35H2,1-4H3. The van der Waals surface area contributed by atoms with Crippen LogP contribution in [0.15, 0.2) is 12.2 Å². The van der Waals surface area contributed by atoms with Crippen molar-refractivity contribution in [3.8, 4) is 0 Å². The molecule has 0 spiro atoms. The van der Waals surface area contributed by atoms with E-state index in [0.717, 1.165) is 38.9 Å². The molecule has 0 aliphatic heterocycles. The summed E-state index contributed by atoms with van der Waals surface area (Å²) in [6.45, 7) is 8.48. The topological polar surface area (TPSA) is 36.9 Å². The first-order valence-electron chi connectivity index (χ1n) is 18.4. The van der Waals surface area contributed by atoms with Gasteiger partial charge in [-0.1, -0.05) is 161 Å². The second-order valence-electron chi connectivity index (χ2n) is 12.2. The molecule has 0 N–H and O–H groups in total. The van der Waals surface area contributed by atoms with Crippen molar-refractivity contribution < 1.29 is 19.2 Å². The fourth-order valence-corrected chi connectivity index (χ4v) is 5.41. The van der Waals surface area contributed by atoms with Crippen molar-refractivity contribution in [1.82, 2.24) is 0 Å². The average molecular weight is 583 g/mol. The van der Waals surface area contributed by atoms with Crippen LogP contribution in [0.4, 0.5) is 0 Å². The summed E-state index contributed by atoms with van der Waals surface area (Å²) in [5.41, 5.74) is 0. The Morgan fingerprint density at radius 2 is 0.902 bits per heavy atom. The molecule has 0 aromatic rings. The maximum Gasteiger partial charge on any atom is 0.157 e. The van der Waals surface area contributed by atoms with E-state index < -0.39 is 0 Å². The van der Waals surface area contributed by atoms with E-state index >= 15 is 0 Å². The predicted octanol–water partition coefficient (Wildman–Crippen LogP) is 12.4. The van der Waals surface area contributed by atoms with Crippen LogP contribution in [0.2, 0.25) is 0 Å². The zero-order valence-corrected chi connectivity index (χ0v) is 28.4. The molecule has 0 aromatic heterocycles. The Morgan fingerprint density at radius 3 is 1.37 bits per heavy atom. The first-order chi connectivity index (χ1) is 20.3. The number of unbranched alkanes of at least 4 members (excludes halogenated alkanes) is 21. The molecule has 1 unspecified atom stereocenters. The van der Waals surface area contributed by atoms with E-state index in [4.69, 9.17) is 19.2 Å². The van der Waals surface area contributed by atoms with Crippen LogP contribution in [0.3, 0.4) is 0 Å². The monoisotopic (exact) mass is 583 g/mol. The van der Waals surface area contributed by atoms with E-state index in [1.54, 1.807) is 7.11 Å². The van der Waals surface area contributed by atoms with Crippen LogP contribution in [0.25, 0.3) is 0 Å². The van der Waals surface area contributed by atoms with Crippen molar-refractivity contribution in [1.29, 1.82) is 0 Å². The lowest BCUT2D eigenvalue weighted by Crippen LogP contribution is -2.19. The van der Waals surface area contributed by atoms with Gasteiger partial charge < -0.3 is 9.47 Å². The summed E-state index contributed by atoms with van der Waals surface area (Å²) >= 11 is 0. The van der Waals surface area contributed by atoms with Crippen LogP contribution in [-0.2, 0) is 19.2 Å². The lowest BCUT2D eigenvalue weighted by Gasteiger charge is -2.19. The average Bonchev–Trinajstić information content (AvgIpc) is 2.97. The van der Waals surface area contributed by atoms with Crippen molar-refractivity contribution in [3.05, 3.63) is 12.2 Å². The molecule has 1 atom stereocenters. The molecule has 4 nitrogen and oxygen atoms in total. The predicted molar refractivity (Wildman–Crippen MR) is 178 cm³/mol. The molecule has 0 heterocycles. The summed E-state index contributed by atoms with van der Waals surface area (Å²) in [6, 6.07) is 0. The fourth-order valence-electron chi connectivity index (χ4n) is 5.41. The van der Waals surface area contributed by atoms with Crippen molar-refractivity contribution >= 4 is 0 Å². The van der Waals surface area contributed by atoms with E-state index in [0.29, 0.717) is 0 Å². The molecule has 41 heavy (non-hydrogen) atoms. The molecular formula is C37H74O4. The Balaban J connectivity index is 3.97. The Labute approximate surface area is 258 Å². The number of allylic oxidation sites excluding steroid dienone is 1. The van der Waals surface area contributed by atoms with Gasteiger partial charge >= 0.3 is 0 Å². The first kappa shape index (κ1) is 40.6. The summed E-state index contributed by atoms with van der Waals surface area (Å²) < 4.78 is 12.5. The minimum Gasteiger partial charge on any atom is -0.353 e. The molecule has 246 valence electrons. The van der Waals surface area contributed by atoms with E-state index in [9.17, 15) is 0 Å².